The highest BCUT2D eigenvalue weighted by molar-refractivity contribution is 7.08. The Morgan fingerprint density at radius 2 is 2.33 bits per heavy atom. The standard InChI is InChI=1S/C13H11FN2OS/c1-13(14)7-11-10(3-2-5-15-11)16-12(17-13)9-4-6-18-8-9/h2-6,8H,7H2,1H3/t13-/m1/s1. The fourth-order valence-corrected chi connectivity index (χ4v) is 2.48. The summed E-state index contributed by atoms with van der Waals surface area (Å²) in [7, 11) is 0. The number of aliphatic imine (C=N–C) groups is 1. The predicted octanol–water partition coefficient (Wildman–Crippen LogP) is 3.48. The zero-order valence-corrected chi connectivity index (χ0v) is 10.6. The Balaban J connectivity index is 2.12. The van der Waals surface area contributed by atoms with Gasteiger partial charge < -0.3 is 4.74 Å². The average molecular weight is 262 g/mol. The molecule has 2 aromatic rings. The summed E-state index contributed by atoms with van der Waals surface area (Å²) in [6.07, 6.45) is 1.74. The number of pyridine rings is 1. The highest BCUT2D eigenvalue weighted by Gasteiger charge is 2.32. The number of halogens is 1. The Bertz CT molecular complexity index is 593. The third-order valence-corrected chi connectivity index (χ3v) is 3.33. The third-order valence-electron chi connectivity index (χ3n) is 2.65. The molecule has 1 aliphatic heterocycles. The van der Waals surface area contributed by atoms with Gasteiger partial charge in [0.15, 0.2) is 0 Å². The number of aromatic nitrogens is 1. The molecule has 18 heavy (non-hydrogen) atoms. The molecule has 0 bridgehead atoms. The molecule has 0 saturated heterocycles. The normalized spacial score (nSPS) is 22.7. The van der Waals surface area contributed by atoms with Gasteiger partial charge in [0.1, 0.15) is 0 Å². The SMILES string of the molecule is C[C@]1(F)Cc2ncccc2N=C(c2ccsc2)O1. The van der Waals surface area contributed by atoms with E-state index in [1.54, 1.807) is 12.3 Å². The van der Waals surface area contributed by atoms with Gasteiger partial charge in [0.2, 0.25) is 5.90 Å². The van der Waals surface area contributed by atoms with Crippen molar-refractivity contribution in [2.24, 2.45) is 4.99 Å². The maximum absolute atomic E-state index is 14.3. The Kier molecular flexibility index (Phi) is 2.63. The molecule has 1 aliphatic rings. The van der Waals surface area contributed by atoms with Crippen LogP contribution in [0.1, 0.15) is 18.2 Å². The van der Waals surface area contributed by atoms with E-state index in [1.807, 2.05) is 22.9 Å². The molecule has 3 nitrogen and oxygen atoms in total. The highest BCUT2D eigenvalue weighted by atomic mass is 32.1. The van der Waals surface area contributed by atoms with Gasteiger partial charge >= 0.3 is 0 Å². The molecule has 1 atom stereocenters. The molecule has 0 fully saturated rings. The van der Waals surface area contributed by atoms with Crippen molar-refractivity contribution in [3.05, 3.63) is 46.4 Å². The van der Waals surface area contributed by atoms with E-state index in [1.165, 1.54) is 18.3 Å². The van der Waals surface area contributed by atoms with Crippen LogP contribution in [0.3, 0.4) is 0 Å². The number of alkyl halides is 1. The second kappa shape index (κ2) is 4.17. The van der Waals surface area contributed by atoms with E-state index in [0.717, 1.165) is 5.56 Å². The number of fused-ring (bicyclic) bond motifs is 1. The fraction of sp³-hybridized carbons (Fsp3) is 0.231. The third kappa shape index (κ3) is 2.13. The molecule has 5 heteroatoms. The highest BCUT2D eigenvalue weighted by Crippen LogP contribution is 2.30. The molecule has 0 saturated carbocycles. The van der Waals surface area contributed by atoms with Crippen LogP contribution in [0.15, 0.2) is 40.1 Å². The number of nitrogens with zero attached hydrogens (tertiary/aromatic N) is 2. The monoisotopic (exact) mass is 262 g/mol. The molecule has 2 aromatic heterocycles. The van der Waals surface area contributed by atoms with Gasteiger partial charge in [-0.05, 0) is 23.6 Å². The first-order valence-electron chi connectivity index (χ1n) is 5.57. The molecule has 0 radical (unpaired) electrons. The summed E-state index contributed by atoms with van der Waals surface area (Å²) >= 11 is 1.52. The number of ether oxygens (including phenoxy) is 1. The molecule has 0 amide bonds. The summed E-state index contributed by atoms with van der Waals surface area (Å²) in [4.78, 5) is 8.54. The van der Waals surface area contributed by atoms with Crippen molar-refractivity contribution in [3.8, 4) is 0 Å². The summed E-state index contributed by atoms with van der Waals surface area (Å²) in [6, 6.07) is 5.47. The van der Waals surface area contributed by atoms with Crippen molar-refractivity contribution in [2.45, 2.75) is 19.2 Å². The van der Waals surface area contributed by atoms with Gasteiger partial charge in [-0.15, -0.1) is 0 Å². The number of hydrogen-bond acceptors (Lipinski definition) is 4. The molecule has 92 valence electrons. The van der Waals surface area contributed by atoms with Crippen LogP contribution in [0.2, 0.25) is 0 Å². The number of hydrogen-bond donors (Lipinski definition) is 0. The van der Waals surface area contributed by atoms with Crippen molar-refractivity contribution < 1.29 is 9.13 Å². The van der Waals surface area contributed by atoms with Gasteiger partial charge in [-0.3, -0.25) is 4.98 Å². The van der Waals surface area contributed by atoms with Crippen LogP contribution in [0.4, 0.5) is 10.1 Å². The molecular formula is C13H11FN2OS. The van der Waals surface area contributed by atoms with Crippen molar-refractivity contribution in [1.82, 2.24) is 4.98 Å². The molecule has 3 rings (SSSR count). The van der Waals surface area contributed by atoms with Crippen LogP contribution < -0.4 is 0 Å². The molecule has 0 unspecified atom stereocenters. The molecule has 0 spiro atoms. The molecule has 0 N–H and O–H groups in total. The first kappa shape index (κ1) is 11.3. The van der Waals surface area contributed by atoms with Gasteiger partial charge in [-0.2, -0.15) is 15.7 Å². The summed E-state index contributed by atoms with van der Waals surface area (Å²) in [6.45, 7) is 1.40. The van der Waals surface area contributed by atoms with Crippen LogP contribution >= 0.6 is 11.3 Å². The second-order valence-electron chi connectivity index (χ2n) is 4.28. The number of thiophene rings is 1. The van der Waals surface area contributed by atoms with Gasteiger partial charge in [0, 0.05) is 24.1 Å². The maximum atomic E-state index is 14.3. The molecule has 0 aliphatic carbocycles. The van der Waals surface area contributed by atoms with Crippen LogP contribution in [0.5, 0.6) is 0 Å². The zero-order chi connectivity index (χ0) is 12.6. The Labute approximate surface area is 108 Å². The molecule has 0 aromatic carbocycles. The fourth-order valence-electron chi connectivity index (χ4n) is 1.85. The molecular weight excluding hydrogens is 251 g/mol. The minimum atomic E-state index is -1.79. The van der Waals surface area contributed by atoms with Gasteiger partial charge in [-0.25, -0.2) is 4.99 Å². The largest absolute Gasteiger partial charge is 0.440 e. The number of rotatable bonds is 1. The topological polar surface area (TPSA) is 34.5 Å². The smallest absolute Gasteiger partial charge is 0.253 e. The van der Waals surface area contributed by atoms with E-state index in [9.17, 15) is 4.39 Å². The maximum Gasteiger partial charge on any atom is 0.253 e. The molecule has 3 heterocycles. The van der Waals surface area contributed by atoms with Crippen LogP contribution in [0, 0.1) is 0 Å². The first-order valence-corrected chi connectivity index (χ1v) is 6.51. The van der Waals surface area contributed by atoms with E-state index in [4.69, 9.17) is 4.74 Å². The van der Waals surface area contributed by atoms with Gasteiger partial charge in [0.25, 0.3) is 5.85 Å². The van der Waals surface area contributed by atoms with Gasteiger partial charge in [0.05, 0.1) is 17.8 Å². The summed E-state index contributed by atoms with van der Waals surface area (Å²) in [5.74, 6) is -1.48. The van der Waals surface area contributed by atoms with Gasteiger partial charge in [-0.1, -0.05) is 0 Å². The van der Waals surface area contributed by atoms with E-state index in [2.05, 4.69) is 9.98 Å². The summed E-state index contributed by atoms with van der Waals surface area (Å²) in [5, 5.41) is 3.79. The zero-order valence-electron chi connectivity index (χ0n) is 9.76. The van der Waals surface area contributed by atoms with Crippen molar-refractivity contribution >= 4 is 22.9 Å². The lowest BCUT2D eigenvalue weighted by atomic mass is 10.1. The predicted molar refractivity (Wildman–Crippen MR) is 69.1 cm³/mol. The Hall–Kier alpha value is -1.75. The Morgan fingerprint density at radius 1 is 1.44 bits per heavy atom. The first-order chi connectivity index (χ1) is 8.64. The quantitative estimate of drug-likeness (QED) is 0.788. The Morgan fingerprint density at radius 3 is 3.11 bits per heavy atom. The van der Waals surface area contributed by atoms with E-state index in [0.29, 0.717) is 17.3 Å². The van der Waals surface area contributed by atoms with E-state index >= 15 is 0 Å². The van der Waals surface area contributed by atoms with Crippen molar-refractivity contribution in [3.63, 3.8) is 0 Å². The van der Waals surface area contributed by atoms with E-state index < -0.39 is 5.85 Å². The minimum Gasteiger partial charge on any atom is -0.440 e. The van der Waals surface area contributed by atoms with E-state index in [-0.39, 0.29) is 6.42 Å². The lowest BCUT2D eigenvalue weighted by Crippen LogP contribution is -2.28. The second-order valence-corrected chi connectivity index (χ2v) is 5.06. The van der Waals surface area contributed by atoms with Crippen LogP contribution in [-0.2, 0) is 11.2 Å². The minimum absolute atomic E-state index is 0.0975. The summed E-state index contributed by atoms with van der Waals surface area (Å²) in [5.41, 5.74) is 2.08. The summed E-state index contributed by atoms with van der Waals surface area (Å²) < 4.78 is 19.7. The average Bonchev–Trinajstić information content (AvgIpc) is 2.79. The van der Waals surface area contributed by atoms with Crippen LogP contribution in [0.25, 0.3) is 0 Å². The van der Waals surface area contributed by atoms with Crippen molar-refractivity contribution in [2.75, 3.05) is 0 Å². The lowest BCUT2D eigenvalue weighted by Gasteiger charge is -2.19. The van der Waals surface area contributed by atoms with Crippen molar-refractivity contribution in [1.29, 1.82) is 0 Å². The lowest BCUT2D eigenvalue weighted by molar-refractivity contribution is -0.0534. The van der Waals surface area contributed by atoms with Crippen LogP contribution in [-0.4, -0.2) is 16.7 Å².